The van der Waals surface area contributed by atoms with E-state index in [1.165, 1.54) is 7.11 Å². The lowest BCUT2D eigenvalue weighted by Crippen LogP contribution is -2.53. The van der Waals surface area contributed by atoms with Gasteiger partial charge in [-0.1, -0.05) is 115 Å². The predicted octanol–water partition coefficient (Wildman–Crippen LogP) is 7.07. The molecule has 5 aromatic carbocycles. The molecule has 0 unspecified atom stereocenters. The molecule has 0 bridgehead atoms. The van der Waals surface area contributed by atoms with Gasteiger partial charge in [-0.3, -0.25) is 19.8 Å². The number of hydrogen-bond donors (Lipinski definition) is 1. The number of carbonyl (C=O) groups is 2. The molecule has 1 heterocycles. The lowest BCUT2D eigenvalue weighted by atomic mass is 9.76. The molecular weight excluding hydrogens is 572 g/mol. The Bertz CT molecular complexity index is 1760. The van der Waals surface area contributed by atoms with E-state index in [0.29, 0.717) is 12.2 Å². The van der Waals surface area contributed by atoms with E-state index in [9.17, 15) is 9.59 Å². The first-order chi connectivity index (χ1) is 22.5. The number of carbonyl (C=O) groups excluding carboxylic acids is 2. The largest absolute Gasteiger partial charge is 0.495 e. The Morgan fingerprint density at radius 2 is 1.30 bits per heavy atom. The highest BCUT2D eigenvalue weighted by molar-refractivity contribution is 6.15. The number of ether oxygens (including phenoxy) is 2. The van der Waals surface area contributed by atoms with E-state index in [1.54, 1.807) is 12.0 Å². The van der Waals surface area contributed by atoms with Gasteiger partial charge in [-0.15, -0.1) is 0 Å². The molecule has 0 radical (unpaired) electrons. The van der Waals surface area contributed by atoms with Crippen LogP contribution in [0, 0.1) is 0 Å². The summed E-state index contributed by atoms with van der Waals surface area (Å²) in [5.74, 6) is 0.417. The fourth-order valence-electron chi connectivity index (χ4n) is 7.02. The van der Waals surface area contributed by atoms with Gasteiger partial charge in [0.15, 0.2) is 0 Å². The van der Waals surface area contributed by atoms with Crippen LogP contribution in [0.25, 0.3) is 0 Å². The molecular formula is C40H36N2O4. The van der Waals surface area contributed by atoms with Crippen LogP contribution >= 0.6 is 0 Å². The minimum absolute atomic E-state index is 0.0900. The maximum absolute atomic E-state index is 13.8. The summed E-state index contributed by atoms with van der Waals surface area (Å²) in [6, 6.07) is 43.7. The molecule has 230 valence electrons. The third kappa shape index (κ3) is 4.86. The average Bonchev–Trinajstić information content (AvgIpc) is 3.89. The van der Waals surface area contributed by atoms with E-state index in [1.807, 2.05) is 97.1 Å². The predicted molar refractivity (Wildman–Crippen MR) is 179 cm³/mol. The van der Waals surface area contributed by atoms with E-state index in [0.717, 1.165) is 52.0 Å². The molecule has 46 heavy (non-hydrogen) atoms. The topological polar surface area (TPSA) is 67.9 Å². The second kappa shape index (κ2) is 12.0. The van der Waals surface area contributed by atoms with Crippen molar-refractivity contribution in [2.24, 2.45) is 0 Å². The van der Waals surface area contributed by atoms with Crippen LogP contribution in [0.15, 0.2) is 133 Å². The Morgan fingerprint density at radius 3 is 1.78 bits per heavy atom. The molecule has 1 amide bonds. The van der Waals surface area contributed by atoms with Crippen LogP contribution in [0.4, 0.5) is 11.4 Å². The molecule has 1 fully saturated rings. The molecule has 1 N–H and O–H groups in total. The first-order valence-corrected chi connectivity index (χ1v) is 15.6. The molecule has 2 aliphatic rings. The SMILES string of the molecule is COC(=O)[C@H](Cc1ccc(N2C(=O)C3(CC3)c3cccc(OC)c32)cc1)NC(c1ccccc1)(c1ccccc1)c1ccccc1. The quantitative estimate of drug-likeness (QED) is 0.136. The molecule has 5 aromatic rings. The summed E-state index contributed by atoms with van der Waals surface area (Å²) in [5, 5.41) is 3.78. The first-order valence-electron chi connectivity index (χ1n) is 15.6. The van der Waals surface area contributed by atoms with Crippen LogP contribution in [0.3, 0.4) is 0 Å². The normalized spacial score (nSPS) is 15.3. The number of para-hydroxylation sites is 1. The fraction of sp³-hybridized carbons (Fsp3) is 0.200. The van der Waals surface area contributed by atoms with Gasteiger partial charge in [0, 0.05) is 5.69 Å². The van der Waals surface area contributed by atoms with Crippen molar-refractivity contribution >= 4 is 23.3 Å². The molecule has 1 spiro atoms. The van der Waals surface area contributed by atoms with Crippen molar-refractivity contribution in [1.82, 2.24) is 5.32 Å². The lowest BCUT2D eigenvalue weighted by Gasteiger charge is -2.39. The standard InChI is InChI=1S/C40H36N2O4/c1-45-35-20-12-19-33-36(35)42(38(44)39(33)25-26-39)32-23-21-28(22-24-32)27-34(37(43)46-2)41-40(29-13-6-3-7-14-29,30-15-8-4-9-16-30)31-17-10-5-11-18-31/h3-24,34,41H,25-27H2,1-2H3/t34-/m0/s1. The summed E-state index contributed by atoms with van der Waals surface area (Å²) < 4.78 is 11.1. The number of hydrogen-bond acceptors (Lipinski definition) is 5. The summed E-state index contributed by atoms with van der Waals surface area (Å²) >= 11 is 0. The number of anilines is 2. The fourth-order valence-corrected chi connectivity index (χ4v) is 7.02. The third-order valence-electron chi connectivity index (χ3n) is 9.45. The van der Waals surface area contributed by atoms with E-state index in [4.69, 9.17) is 9.47 Å². The molecule has 0 aromatic heterocycles. The van der Waals surface area contributed by atoms with E-state index in [-0.39, 0.29) is 11.9 Å². The van der Waals surface area contributed by atoms with Crippen molar-refractivity contribution in [3.63, 3.8) is 0 Å². The average molecular weight is 609 g/mol. The van der Waals surface area contributed by atoms with E-state index in [2.05, 4.69) is 41.7 Å². The Balaban J connectivity index is 1.26. The van der Waals surface area contributed by atoms with Gasteiger partial charge in [-0.05, 0) is 65.3 Å². The molecule has 1 aliphatic carbocycles. The molecule has 1 saturated carbocycles. The zero-order valence-corrected chi connectivity index (χ0v) is 26.0. The van der Waals surface area contributed by atoms with Gasteiger partial charge in [-0.25, -0.2) is 0 Å². The van der Waals surface area contributed by atoms with Crippen LogP contribution in [0.5, 0.6) is 5.75 Å². The molecule has 6 nitrogen and oxygen atoms in total. The van der Waals surface area contributed by atoms with Crippen molar-refractivity contribution in [3.8, 4) is 5.75 Å². The number of rotatable bonds is 10. The highest BCUT2D eigenvalue weighted by atomic mass is 16.5. The maximum Gasteiger partial charge on any atom is 0.323 e. The van der Waals surface area contributed by atoms with Crippen LogP contribution in [-0.2, 0) is 31.7 Å². The number of esters is 1. The Labute approximate surface area is 269 Å². The number of nitrogens with one attached hydrogen (secondary N) is 1. The molecule has 1 atom stereocenters. The Hall–Kier alpha value is -5.20. The second-order valence-corrected chi connectivity index (χ2v) is 12.0. The third-order valence-corrected chi connectivity index (χ3v) is 9.45. The van der Waals surface area contributed by atoms with Crippen molar-refractivity contribution < 1.29 is 19.1 Å². The van der Waals surface area contributed by atoms with Crippen LogP contribution in [0.2, 0.25) is 0 Å². The van der Waals surface area contributed by atoms with Crippen molar-refractivity contribution in [2.45, 2.75) is 36.3 Å². The van der Waals surface area contributed by atoms with Crippen molar-refractivity contribution in [1.29, 1.82) is 0 Å². The summed E-state index contributed by atoms with van der Waals surface area (Å²) in [6.45, 7) is 0. The Morgan fingerprint density at radius 1 is 0.761 bits per heavy atom. The van der Waals surface area contributed by atoms with Crippen LogP contribution in [0.1, 0.15) is 40.7 Å². The Kier molecular flexibility index (Phi) is 7.67. The number of fused-ring (bicyclic) bond motifs is 2. The summed E-state index contributed by atoms with van der Waals surface area (Å²) in [6.07, 6.45) is 2.07. The van der Waals surface area contributed by atoms with Crippen molar-refractivity contribution in [3.05, 3.63) is 161 Å². The number of amides is 1. The zero-order chi connectivity index (χ0) is 31.7. The lowest BCUT2D eigenvalue weighted by molar-refractivity contribution is -0.143. The second-order valence-electron chi connectivity index (χ2n) is 12.0. The molecule has 7 rings (SSSR count). The van der Waals surface area contributed by atoms with Gasteiger partial charge in [-0.2, -0.15) is 0 Å². The van der Waals surface area contributed by atoms with Crippen LogP contribution < -0.4 is 15.0 Å². The highest BCUT2D eigenvalue weighted by Gasteiger charge is 2.60. The zero-order valence-electron chi connectivity index (χ0n) is 26.0. The number of methoxy groups -OCH3 is 2. The monoisotopic (exact) mass is 608 g/mol. The molecule has 1 aliphatic heterocycles. The summed E-state index contributed by atoms with van der Waals surface area (Å²) in [4.78, 5) is 29.1. The summed E-state index contributed by atoms with van der Waals surface area (Å²) in [5.41, 5.74) is 5.30. The summed E-state index contributed by atoms with van der Waals surface area (Å²) in [7, 11) is 3.06. The van der Waals surface area contributed by atoms with E-state index >= 15 is 0 Å². The van der Waals surface area contributed by atoms with Crippen molar-refractivity contribution in [2.75, 3.05) is 19.1 Å². The van der Waals surface area contributed by atoms with Gasteiger partial charge >= 0.3 is 5.97 Å². The van der Waals surface area contributed by atoms with E-state index < -0.39 is 17.0 Å². The molecule has 0 saturated heterocycles. The number of nitrogens with zero attached hydrogens (tertiary/aromatic N) is 1. The maximum atomic E-state index is 13.8. The smallest absolute Gasteiger partial charge is 0.323 e. The minimum atomic E-state index is -0.844. The molecule has 6 heteroatoms. The van der Waals surface area contributed by atoms with Gasteiger partial charge < -0.3 is 9.47 Å². The van der Waals surface area contributed by atoms with Gasteiger partial charge in [0.05, 0.1) is 30.9 Å². The van der Waals surface area contributed by atoms with Gasteiger partial charge in [0.2, 0.25) is 5.91 Å². The number of benzene rings is 5. The van der Waals surface area contributed by atoms with Gasteiger partial charge in [0.25, 0.3) is 0 Å². The minimum Gasteiger partial charge on any atom is -0.495 e. The van der Waals surface area contributed by atoms with Gasteiger partial charge in [0.1, 0.15) is 11.8 Å². The van der Waals surface area contributed by atoms with Crippen LogP contribution in [-0.4, -0.2) is 32.1 Å². The highest BCUT2D eigenvalue weighted by Crippen LogP contribution is 2.61. The first kappa shape index (κ1) is 29.5.